The number of rotatable bonds is 1. The zero-order valence-corrected chi connectivity index (χ0v) is 8.93. The molecule has 2 aromatic rings. The van der Waals surface area contributed by atoms with Crippen LogP contribution in [0.15, 0.2) is 36.4 Å². The van der Waals surface area contributed by atoms with Crippen molar-refractivity contribution in [2.45, 2.75) is 0 Å². The Morgan fingerprint density at radius 1 is 1.00 bits per heavy atom. The highest BCUT2D eigenvalue weighted by Crippen LogP contribution is 2.28. The van der Waals surface area contributed by atoms with Crippen molar-refractivity contribution in [1.82, 2.24) is 0 Å². The molecule has 0 radical (unpaired) electrons. The fourth-order valence-corrected chi connectivity index (χ4v) is 1.70. The van der Waals surface area contributed by atoms with Gasteiger partial charge in [0, 0.05) is 16.3 Å². The van der Waals surface area contributed by atoms with Crippen molar-refractivity contribution in [1.29, 1.82) is 0 Å². The average Bonchev–Trinajstić information content (AvgIpc) is 2.20. The van der Waals surface area contributed by atoms with E-state index >= 15 is 0 Å². The van der Waals surface area contributed by atoms with Crippen molar-refractivity contribution < 1.29 is 8.78 Å². The number of hydrogen-bond acceptors (Lipinski definition) is 1. The second kappa shape index (κ2) is 4.10. The summed E-state index contributed by atoms with van der Waals surface area (Å²) < 4.78 is 26.6. The molecule has 0 amide bonds. The summed E-state index contributed by atoms with van der Waals surface area (Å²) in [6, 6.07) is 7.99. The molecule has 2 rings (SSSR count). The van der Waals surface area contributed by atoms with Gasteiger partial charge < -0.3 is 5.73 Å². The van der Waals surface area contributed by atoms with Crippen molar-refractivity contribution in [3.8, 4) is 11.1 Å². The molecule has 4 heteroatoms. The van der Waals surface area contributed by atoms with Crippen molar-refractivity contribution >= 4 is 17.3 Å². The summed E-state index contributed by atoms with van der Waals surface area (Å²) in [7, 11) is 0. The van der Waals surface area contributed by atoms with Gasteiger partial charge in [-0.05, 0) is 42.0 Å². The van der Waals surface area contributed by atoms with Crippen LogP contribution in [0.5, 0.6) is 0 Å². The molecule has 2 aromatic carbocycles. The molecule has 0 aliphatic heterocycles. The summed E-state index contributed by atoms with van der Waals surface area (Å²) in [5.74, 6) is -0.972. The minimum atomic E-state index is -0.510. The maximum absolute atomic E-state index is 13.5. The molecule has 0 bridgehead atoms. The first-order chi connectivity index (χ1) is 7.56. The van der Waals surface area contributed by atoms with Gasteiger partial charge in [0.2, 0.25) is 0 Å². The van der Waals surface area contributed by atoms with E-state index in [2.05, 4.69) is 0 Å². The maximum atomic E-state index is 13.5. The Hall–Kier alpha value is -1.61. The molecule has 0 aliphatic rings. The van der Waals surface area contributed by atoms with E-state index in [-0.39, 0.29) is 10.6 Å². The maximum Gasteiger partial charge on any atom is 0.131 e. The van der Waals surface area contributed by atoms with Crippen molar-refractivity contribution in [2.75, 3.05) is 5.73 Å². The van der Waals surface area contributed by atoms with Gasteiger partial charge >= 0.3 is 0 Å². The Balaban J connectivity index is 2.62. The summed E-state index contributed by atoms with van der Waals surface area (Å²) in [6.45, 7) is 0. The predicted molar refractivity (Wildman–Crippen MR) is 61.2 cm³/mol. The smallest absolute Gasteiger partial charge is 0.131 e. The lowest BCUT2D eigenvalue weighted by molar-refractivity contribution is 0.625. The molecular weight excluding hydrogens is 232 g/mol. The Morgan fingerprint density at radius 2 is 1.75 bits per heavy atom. The third kappa shape index (κ3) is 2.14. The third-order valence-electron chi connectivity index (χ3n) is 2.16. The van der Waals surface area contributed by atoms with Crippen molar-refractivity contribution in [2.24, 2.45) is 0 Å². The van der Waals surface area contributed by atoms with Crippen LogP contribution >= 0.6 is 11.6 Å². The quantitative estimate of drug-likeness (QED) is 0.751. The van der Waals surface area contributed by atoms with Gasteiger partial charge in [0.15, 0.2) is 0 Å². The topological polar surface area (TPSA) is 26.0 Å². The first kappa shape index (κ1) is 10.9. The summed E-state index contributed by atoms with van der Waals surface area (Å²) in [4.78, 5) is 0. The Labute approximate surface area is 96.5 Å². The number of halogens is 3. The van der Waals surface area contributed by atoms with Gasteiger partial charge in [0.05, 0.1) is 0 Å². The van der Waals surface area contributed by atoms with Crippen molar-refractivity contribution in [3.63, 3.8) is 0 Å². The number of hydrogen-bond donors (Lipinski definition) is 1. The van der Waals surface area contributed by atoms with Crippen LogP contribution in [-0.2, 0) is 0 Å². The molecule has 2 N–H and O–H groups in total. The lowest BCUT2D eigenvalue weighted by Gasteiger charge is -2.05. The summed E-state index contributed by atoms with van der Waals surface area (Å²) >= 11 is 5.70. The number of nitrogen functional groups attached to an aromatic ring is 1. The lowest BCUT2D eigenvalue weighted by atomic mass is 10.0. The molecule has 0 spiro atoms. The highest BCUT2D eigenvalue weighted by Gasteiger charge is 2.07. The molecule has 0 saturated carbocycles. The van der Waals surface area contributed by atoms with Gasteiger partial charge in [-0.25, -0.2) is 8.78 Å². The summed E-state index contributed by atoms with van der Waals surface area (Å²) in [5, 5.41) is 0.219. The van der Waals surface area contributed by atoms with Gasteiger partial charge in [0.25, 0.3) is 0 Å². The van der Waals surface area contributed by atoms with Crippen LogP contribution < -0.4 is 5.73 Å². The van der Waals surface area contributed by atoms with E-state index in [1.165, 1.54) is 30.3 Å². The van der Waals surface area contributed by atoms with Crippen LogP contribution in [0, 0.1) is 11.6 Å². The molecule has 16 heavy (non-hydrogen) atoms. The van der Waals surface area contributed by atoms with E-state index in [4.69, 9.17) is 17.3 Å². The highest BCUT2D eigenvalue weighted by molar-refractivity contribution is 6.30. The molecule has 0 aromatic heterocycles. The largest absolute Gasteiger partial charge is 0.399 e. The predicted octanol–water partition coefficient (Wildman–Crippen LogP) is 3.87. The molecule has 1 nitrogen and oxygen atoms in total. The van der Waals surface area contributed by atoms with Crippen LogP contribution in [0.3, 0.4) is 0 Å². The fourth-order valence-electron chi connectivity index (χ4n) is 1.47. The second-order valence-electron chi connectivity index (χ2n) is 3.40. The first-order valence-corrected chi connectivity index (χ1v) is 4.95. The zero-order valence-electron chi connectivity index (χ0n) is 8.18. The van der Waals surface area contributed by atoms with E-state index in [9.17, 15) is 8.78 Å². The number of nitrogens with two attached hydrogens (primary N) is 1. The zero-order chi connectivity index (χ0) is 11.7. The summed E-state index contributed by atoms with van der Waals surface area (Å²) in [6.07, 6.45) is 0. The Morgan fingerprint density at radius 3 is 2.44 bits per heavy atom. The molecule has 0 fully saturated rings. The molecule has 0 heterocycles. The molecule has 0 aliphatic carbocycles. The van der Waals surface area contributed by atoms with Crippen LogP contribution in [-0.4, -0.2) is 0 Å². The summed E-state index contributed by atoms with van der Waals surface area (Å²) in [5.41, 5.74) is 6.57. The molecular formula is C12H8ClF2N. The van der Waals surface area contributed by atoms with Gasteiger partial charge in [-0.1, -0.05) is 11.6 Å². The van der Waals surface area contributed by atoms with E-state index in [0.717, 1.165) is 6.07 Å². The number of anilines is 1. The number of benzene rings is 2. The molecule has 82 valence electrons. The van der Waals surface area contributed by atoms with E-state index in [1.807, 2.05) is 0 Å². The van der Waals surface area contributed by atoms with Crippen LogP contribution in [0.2, 0.25) is 5.02 Å². The molecule has 0 atom stereocenters. The van der Waals surface area contributed by atoms with Gasteiger partial charge in [-0.15, -0.1) is 0 Å². The minimum absolute atomic E-state index is 0.219. The minimum Gasteiger partial charge on any atom is -0.399 e. The van der Waals surface area contributed by atoms with Crippen LogP contribution in [0.25, 0.3) is 11.1 Å². The normalized spacial score (nSPS) is 10.4. The van der Waals surface area contributed by atoms with E-state index < -0.39 is 11.6 Å². The SMILES string of the molecule is Nc1ccc(F)c(-c2cc(F)cc(Cl)c2)c1. The monoisotopic (exact) mass is 239 g/mol. The molecule has 0 saturated heterocycles. The average molecular weight is 240 g/mol. The third-order valence-corrected chi connectivity index (χ3v) is 2.38. The molecule has 0 unspecified atom stereocenters. The fraction of sp³-hybridized carbons (Fsp3) is 0. The van der Waals surface area contributed by atoms with Crippen LogP contribution in [0.1, 0.15) is 0 Å². The van der Waals surface area contributed by atoms with Crippen molar-refractivity contribution in [3.05, 3.63) is 53.1 Å². The van der Waals surface area contributed by atoms with Gasteiger partial charge in [0.1, 0.15) is 11.6 Å². The second-order valence-corrected chi connectivity index (χ2v) is 3.83. The Kier molecular flexibility index (Phi) is 2.79. The van der Waals surface area contributed by atoms with Crippen LogP contribution in [0.4, 0.5) is 14.5 Å². The van der Waals surface area contributed by atoms with E-state index in [1.54, 1.807) is 0 Å². The Bertz CT molecular complexity index is 520. The lowest BCUT2D eigenvalue weighted by Crippen LogP contribution is -1.90. The standard InChI is InChI=1S/C12H8ClF2N/c13-8-3-7(4-9(14)5-8)11-6-10(16)1-2-12(11)15/h1-6H,16H2. The highest BCUT2D eigenvalue weighted by atomic mass is 35.5. The van der Waals surface area contributed by atoms with Gasteiger partial charge in [-0.3, -0.25) is 0 Å². The van der Waals surface area contributed by atoms with Gasteiger partial charge in [-0.2, -0.15) is 0 Å². The van der Waals surface area contributed by atoms with E-state index in [0.29, 0.717) is 11.3 Å². The first-order valence-electron chi connectivity index (χ1n) is 4.58.